The van der Waals surface area contributed by atoms with Gasteiger partial charge in [-0.05, 0) is 50.2 Å². The first kappa shape index (κ1) is 18.5. The summed E-state index contributed by atoms with van der Waals surface area (Å²) in [6, 6.07) is 16.4. The van der Waals surface area contributed by atoms with Crippen molar-refractivity contribution >= 4 is 17.5 Å². The van der Waals surface area contributed by atoms with Crippen molar-refractivity contribution in [3.8, 4) is 0 Å². The van der Waals surface area contributed by atoms with Crippen LogP contribution in [0, 0.1) is 6.92 Å². The van der Waals surface area contributed by atoms with Gasteiger partial charge in [0, 0.05) is 18.0 Å². The summed E-state index contributed by atoms with van der Waals surface area (Å²) in [7, 11) is 4.05. The van der Waals surface area contributed by atoms with E-state index >= 15 is 0 Å². The van der Waals surface area contributed by atoms with Crippen LogP contribution in [0.25, 0.3) is 0 Å². The summed E-state index contributed by atoms with van der Waals surface area (Å²) in [5.74, 6) is 0.0643. The van der Waals surface area contributed by atoms with Crippen LogP contribution in [0.15, 0.2) is 48.5 Å². The minimum Gasteiger partial charge on any atom is -0.354 e. The molecule has 3 nitrogen and oxygen atoms in total. The molecule has 0 spiro atoms. The molecule has 0 saturated heterocycles. The summed E-state index contributed by atoms with van der Waals surface area (Å²) in [6.45, 7) is 2.58. The fourth-order valence-corrected chi connectivity index (χ4v) is 2.83. The van der Waals surface area contributed by atoms with E-state index in [4.69, 9.17) is 11.6 Å². The second kappa shape index (κ2) is 8.86. The average Bonchev–Trinajstić information content (AvgIpc) is 2.57. The Morgan fingerprint density at radius 2 is 1.88 bits per heavy atom. The zero-order valence-corrected chi connectivity index (χ0v) is 15.3. The number of amides is 1. The van der Waals surface area contributed by atoms with Gasteiger partial charge in [0.1, 0.15) is 0 Å². The number of likely N-dealkylation sites (N-methyl/N-ethyl adjacent to an activating group) is 1. The molecule has 1 N–H and O–H groups in total. The Labute approximate surface area is 149 Å². The van der Waals surface area contributed by atoms with Crippen LogP contribution in [0.2, 0.25) is 5.02 Å². The lowest BCUT2D eigenvalue weighted by atomic mass is 10.1. The third kappa shape index (κ3) is 5.36. The summed E-state index contributed by atoms with van der Waals surface area (Å²) in [6.07, 6.45) is 1.16. The number of carbonyl (C=O) groups excluding carboxylic acids is 1. The second-order valence-corrected chi connectivity index (χ2v) is 6.68. The molecule has 0 aliphatic carbocycles. The highest BCUT2D eigenvalue weighted by Gasteiger charge is 2.14. The van der Waals surface area contributed by atoms with Crippen molar-refractivity contribution < 1.29 is 4.79 Å². The molecule has 0 bridgehead atoms. The predicted octanol–water partition coefficient (Wildman–Crippen LogP) is 4.00. The second-order valence-electron chi connectivity index (χ2n) is 6.28. The minimum absolute atomic E-state index is 0.0643. The van der Waals surface area contributed by atoms with Crippen molar-refractivity contribution in [1.82, 2.24) is 10.2 Å². The maximum atomic E-state index is 12.2. The Kier molecular flexibility index (Phi) is 6.83. The van der Waals surface area contributed by atoms with Crippen LogP contribution in [0.1, 0.15) is 29.2 Å². The fraction of sp³-hybridized carbons (Fsp3) is 0.350. The molecule has 0 fully saturated rings. The largest absolute Gasteiger partial charge is 0.354 e. The van der Waals surface area contributed by atoms with E-state index in [0.717, 1.165) is 16.1 Å². The molecule has 1 atom stereocenters. The van der Waals surface area contributed by atoms with E-state index in [9.17, 15) is 4.79 Å². The van der Waals surface area contributed by atoms with Gasteiger partial charge in [-0.1, -0.05) is 54.1 Å². The van der Waals surface area contributed by atoms with E-state index in [2.05, 4.69) is 22.3 Å². The van der Waals surface area contributed by atoms with Gasteiger partial charge in [0.25, 0.3) is 0 Å². The fourth-order valence-electron chi connectivity index (χ4n) is 2.62. The molecular formula is C20H25ClN2O. The van der Waals surface area contributed by atoms with E-state index in [-0.39, 0.29) is 11.9 Å². The van der Waals surface area contributed by atoms with Crippen molar-refractivity contribution in [2.45, 2.75) is 25.8 Å². The molecule has 128 valence electrons. The van der Waals surface area contributed by atoms with Crippen molar-refractivity contribution in [1.29, 1.82) is 0 Å². The van der Waals surface area contributed by atoms with Crippen LogP contribution in [-0.4, -0.2) is 31.4 Å². The van der Waals surface area contributed by atoms with Crippen molar-refractivity contribution in [3.63, 3.8) is 0 Å². The molecule has 24 heavy (non-hydrogen) atoms. The number of nitrogens with one attached hydrogen (secondary N) is 1. The lowest BCUT2D eigenvalue weighted by Crippen LogP contribution is -2.34. The van der Waals surface area contributed by atoms with Gasteiger partial charge >= 0.3 is 0 Å². The Morgan fingerprint density at radius 3 is 2.50 bits per heavy atom. The maximum Gasteiger partial charge on any atom is 0.220 e. The quantitative estimate of drug-likeness (QED) is 0.823. The van der Waals surface area contributed by atoms with Gasteiger partial charge in [0.05, 0.1) is 6.04 Å². The first-order valence-corrected chi connectivity index (χ1v) is 8.58. The summed E-state index contributed by atoms with van der Waals surface area (Å²) < 4.78 is 0. The third-order valence-corrected chi connectivity index (χ3v) is 4.58. The van der Waals surface area contributed by atoms with Crippen molar-refractivity contribution in [2.75, 3.05) is 20.6 Å². The van der Waals surface area contributed by atoms with Crippen LogP contribution in [-0.2, 0) is 11.2 Å². The number of benzene rings is 2. The predicted molar refractivity (Wildman–Crippen MR) is 100 cm³/mol. The molecule has 0 aromatic heterocycles. The van der Waals surface area contributed by atoms with Gasteiger partial charge in [-0.2, -0.15) is 0 Å². The number of nitrogens with zero attached hydrogens (tertiary/aromatic N) is 1. The van der Waals surface area contributed by atoms with Crippen LogP contribution >= 0.6 is 11.6 Å². The maximum absolute atomic E-state index is 12.2. The molecule has 2 aromatic rings. The Balaban J connectivity index is 1.86. The monoisotopic (exact) mass is 344 g/mol. The number of hydrogen-bond donors (Lipinski definition) is 1. The Morgan fingerprint density at radius 1 is 1.17 bits per heavy atom. The molecule has 2 rings (SSSR count). The van der Waals surface area contributed by atoms with E-state index in [0.29, 0.717) is 19.4 Å². The highest BCUT2D eigenvalue weighted by molar-refractivity contribution is 6.31. The SMILES string of the molecule is Cc1ccc(CCC(=O)NCC(c2ccccc2)N(C)C)cc1Cl. The lowest BCUT2D eigenvalue weighted by Gasteiger charge is -2.25. The van der Waals surface area contributed by atoms with E-state index < -0.39 is 0 Å². The summed E-state index contributed by atoms with van der Waals surface area (Å²) >= 11 is 6.13. The lowest BCUT2D eigenvalue weighted by molar-refractivity contribution is -0.121. The normalized spacial score (nSPS) is 12.2. The highest BCUT2D eigenvalue weighted by Crippen LogP contribution is 2.18. The number of rotatable bonds is 7. The van der Waals surface area contributed by atoms with Crippen molar-refractivity contribution in [3.05, 3.63) is 70.2 Å². The first-order valence-electron chi connectivity index (χ1n) is 8.20. The summed E-state index contributed by atoms with van der Waals surface area (Å²) in [5, 5.41) is 3.80. The Hall–Kier alpha value is -1.84. The highest BCUT2D eigenvalue weighted by atomic mass is 35.5. The van der Waals surface area contributed by atoms with Gasteiger partial charge < -0.3 is 10.2 Å². The van der Waals surface area contributed by atoms with Crippen LogP contribution in [0.5, 0.6) is 0 Å². The first-order chi connectivity index (χ1) is 11.5. The van der Waals surface area contributed by atoms with Crippen LogP contribution in [0.4, 0.5) is 0 Å². The molecule has 0 aliphatic heterocycles. The third-order valence-electron chi connectivity index (χ3n) is 4.18. The molecule has 0 aliphatic rings. The number of carbonyl (C=O) groups is 1. The van der Waals surface area contributed by atoms with Gasteiger partial charge in [-0.15, -0.1) is 0 Å². The van der Waals surface area contributed by atoms with E-state index in [1.54, 1.807) is 0 Å². The van der Waals surface area contributed by atoms with E-state index in [1.165, 1.54) is 5.56 Å². The average molecular weight is 345 g/mol. The standard InChI is InChI=1S/C20H25ClN2O/c1-15-9-10-16(13-18(15)21)11-12-20(24)22-14-19(23(2)3)17-7-5-4-6-8-17/h4-10,13,19H,11-12,14H2,1-3H3,(H,22,24). The summed E-state index contributed by atoms with van der Waals surface area (Å²) in [4.78, 5) is 14.3. The minimum atomic E-state index is 0.0643. The zero-order chi connectivity index (χ0) is 17.5. The Bertz CT molecular complexity index is 671. The summed E-state index contributed by atoms with van der Waals surface area (Å²) in [5.41, 5.74) is 3.35. The number of hydrogen-bond acceptors (Lipinski definition) is 2. The molecule has 2 aromatic carbocycles. The van der Waals surface area contributed by atoms with Crippen LogP contribution < -0.4 is 5.32 Å². The molecule has 0 saturated carbocycles. The molecular weight excluding hydrogens is 320 g/mol. The topological polar surface area (TPSA) is 32.3 Å². The molecule has 4 heteroatoms. The zero-order valence-electron chi connectivity index (χ0n) is 14.6. The van der Waals surface area contributed by atoms with E-state index in [1.807, 2.05) is 57.4 Å². The number of halogens is 1. The van der Waals surface area contributed by atoms with Gasteiger partial charge in [-0.3, -0.25) is 4.79 Å². The molecule has 0 radical (unpaired) electrons. The van der Waals surface area contributed by atoms with Crippen molar-refractivity contribution in [2.24, 2.45) is 0 Å². The molecule has 1 unspecified atom stereocenters. The van der Waals surface area contributed by atoms with Crippen LogP contribution in [0.3, 0.4) is 0 Å². The van der Waals surface area contributed by atoms with Gasteiger partial charge in [0.2, 0.25) is 5.91 Å². The molecule has 0 heterocycles. The van der Waals surface area contributed by atoms with Gasteiger partial charge in [0.15, 0.2) is 0 Å². The number of aryl methyl sites for hydroxylation is 2. The van der Waals surface area contributed by atoms with Gasteiger partial charge in [-0.25, -0.2) is 0 Å². The molecule has 1 amide bonds. The smallest absolute Gasteiger partial charge is 0.220 e.